The van der Waals surface area contributed by atoms with Gasteiger partial charge in [0.25, 0.3) is 0 Å². The molecule has 1 unspecified atom stereocenters. The summed E-state index contributed by atoms with van der Waals surface area (Å²) in [5.74, 6) is -1.74. The van der Waals surface area contributed by atoms with Gasteiger partial charge in [-0.05, 0) is 79.1 Å². The molecule has 0 saturated heterocycles. The van der Waals surface area contributed by atoms with Crippen molar-refractivity contribution in [2.75, 3.05) is 13.1 Å². The normalized spacial score (nSPS) is 11.9. The molecule has 2 N–H and O–H groups in total. The summed E-state index contributed by atoms with van der Waals surface area (Å²) in [5, 5.41) is 18.4. The van der Waals surface area contributed by atoms with E-state index in [2.05, 4.69) is 84.6 Å². The van der Waals surface area contributed by atoms with E-state index in [-0.39, 0.29) is 18.1 Å². The molecular weight excluding hydrogens is 538 g/mol. The second kappa shape index (κ2) is 16.4. The van der Waals surface area contributed by atoms with Crippen molar-refractivity contribution in [2.45, 2.75) is 58.3 Å². The fourth-order valence-corrected chi connectivity index (χ4v) is 5.06. The van der Waals surface area contributed by atoms with Crippen LogP contribution in [0.15, 0.2) is 103 Å². The van der Waals surface area contributed by atoms with Crippen LogP contribution in [0.4, 0.5) is 0 Å². The lowest BCUT2D eigenvalue weighted by Gasteiger charge is -2.28. The molecule has 0 heterocycles. The molecule has 0 radical (unpaired) electrons. The van der Waals surface area contributed by atoms with Gasteiger partial charge < -0.3 is 14.9 Å². The van der Waals surface area contributed by atoms with Crippen molar-refractivity contribution in [1.82, 2.24) is 4.90 Å². The molecule has 0 aromatic heterocycles. The maximum Gasteiger partial charge on any atom is 0.335 e. The van der Waals surface area contributed by atoms with E-state index in [0.29, 0.717) is 32.7 Å². The van der Waals surface area contributed by atoms with E-state index in [1.54, 1.807) is 12.1 Å². The number of hydrogen-bond donors (Lipinski definition) is 2. The lowest BCUT2D eigenvalue weighted by molar-refractivity contribution is -0.137. The monoisotopic (exact) mass is 579 g/mol. The maximum absolute atomic E-state index is 11.3. The Labute approximate surface area is 254 Å². The zero-order valence-corrected chi connectivity index (χ0v) is 24.8. The summed E-state index contributed by atoms with van der Waals surface area (Å²) in [5.41, 5.74) is 7.25. The van der Waals surface area contributed by atoms with Crippen LogP contribution in [0.2, 0.25) is 0 Å². The van der Waals surface area contributed by atoms with Gasteiger partial charge >= 0.3 is 11.9 Å². The molecule has 0 amide bonds. The molecule has 4 aromatic rings. The molecule has 4 rings (SSSR count). The van der Waals surface area contributed by atoms with Crippen molar-refractivity contribution in [3.05, 3.63) is 142 Å². The smallest absolute Gasteiger partial charge is 0.335 e. The molecule has 6 nitrogen and oxygen atoms in total. The Balaban J connectivity index is 1.44. The Bertz CT molecular complexity index is 1420. The zero-order valence-electron chi connectivity index (χ0n) is 24.8. The van der Waals surface area contributed by atoms with Gasteiger partial charge in [0.15, 0.2) is 0 Å². The number of aromatic carboxylic acids is 1. The SMILES string of the molecule is Cc1ccc(C(CN(CCCCC(=O)O)Cc2ccc(C(=O)O)cc2)OCc2ccc(CCc3ccccc3)cc2)cc1. The Morgan fingerprint density at radius 3 is 1.95 bits per heavy atom. The van der Waals surface area contributed by atoms with Crippen molar-refractivity contribution >= 4 is 11.9 Å². The van der Waals surface area contributed by atoms with E-state index in [4.69, 9.17) is 9.84 Å². The fraction of sp³-hybridized carbons (Fsp3) is 0.297. The van der Waals surface area contributed by atoms with Crippen molar-refractivity contribution in [3.63, 3.8) is 0 Å². The van der Waals surface area contributed by atoms with Crippen molar-refractivity contribution in [2.24, 2.45) is 0 Å². The predicted octanol–water partition coefficient (Wildman–Crippen LogP) is 7.49. The standard InChI is InChI=1S/C37H41NO5/c1-28-10-20-33(21-11-28)35(43-27-32-16-14-30(15-17-32)13-12-29-7-3-2-4-8-29)26-38(24-6-5-9-36(39)40)25-31-18-22-34(23-19-31)37(41)42/h2-4,7-8,10-11,14-23,35H,5-6,9,12-13,24-27H2,1H3,(H,39,40)(H,41,42). The van der Waals surface area contributed by atoms with E-state index in [0.717, 1.165) is 36.0 Å². The Morgan fingerprint density at radius 1 is 0.721 bits per heavy atom. The molecule has 0 aliphatic rings. The number of hydrogen-bond acceptors (Lipinski definition) is 4. The van der Waals surface area contributed by atoms with Crippen molar-refractivity contribution in [3.8, 4) is 0 Å². The van der Waals surface area contributed by atoms with Gasteiger partial charge in [-0.1, -0.05) is 96.6 Å². The molecule has 0 fully saturated rings. The quantitative estimate of drug-likeness (QED) is 0.126. The number of carbonyl (C=O) groups is 2. The van der Waals surface area contributed by atoms with Gasteiger partial charge in [-0.25, -0.2) is 4.79 Å². The summed E-state index contributed by atoms with van der Waals surface area (Å²) in [6.45, 7) is 4.46. The zero-order chi connectivity index (χ0) is 30.4. The molecule has 0 bridgehead atoms. The molecule has 6 heteroatoms. The average molecular weight is 580 g/mol. The van der Waals surface area contributed by atoms with Gasteiger partial charge in [-0.15, -0.1) is 0 Å². The molecular formula is C37H41NO5. The fourth-order valence-electron chi connectivity index (χ4n) is 5.06. The average Bonchev–Trinajstić information content (AvgIpc) is 3.02. The van der Waals surface area contributed by atoms with Gasteiger partial charge in [0, 0.05) is 19.5 Å². The molecule has 0 aliphatic carbocycles. The molecule has 43 heavy (non-hydrogen) atoms. The first-order valence-electron chi connectivity index (χ1n) is 14.9. The van der Waals surface area contributed by atoms with Crippen LogP contribution in [0.1, 0.15) is 69.1 Å². The molecule has 224 valence electrons. The molecule has 0 saturated carbocycles. The van der Waals surface area contributed by atoms with Crippen LogP contribution < -0.4 is 0 Å². The summed E-state index contributed by atoms with van der Waals surface area (Å²) in [6, 6.07) is 34.5. The van der Waals surface area contributed by atoms with E-state index in [1.165, 1.54) is 16.7 Å². The van der Waals surface area contributed by atoms with Gasteiger partial charge in [0.1, 0.15) is 0 Å². The van der Waals surface area contributed by atoms with Gasteiger partial charge in [-0.3, -0.25) is 9.69 Å². The van der Waals surface area contributed by atoms with E-state index in [9.17, 15) is 14.7 Å². The van der Waals surface area contributed by atoms with E-state index in [1.807, 2.05) is 18.2 Å². The van der Waals surface area contributed by atoms with Crippen LogP contribution in [-0.2, 0) is 35.5 Å². The Kier molecular flexibility index (Phi) is 12.1. The lowest BCUT2D eigenvalue weighted by atomic mass is 10.0. The number of rotatable bonds is 17. The van der Waals surface area contributed by atoms with Crippen molar-refractivity contribution in [1.29, 1.82) is 0 Å². The van der Waals surface area contributed by atoms with Gasteiger partial charge in [0.05, 0.1) is 18.3 Å². The molecule has 0 spiro atoms. The third-order valence-electron chi connectivity index (χ3n) is 7.61. The highest BCUT2D eigenvalue weighted by Crippen LogP contribution is 2.23. The third-order valence-corrected chi connectivity index (χ3v) is 7.61. The number of ether oxygens (including phenoxy) is 1. The van der Waals surface area contributed by atoms with Crippen LogP contribution in [-0.4, -0.2) is 40.1 Å². The number of nitrogens with zero attached hydrogens (tertiary/aromatic N) is 1. The minimum Gasteiger partial charge on any atom is -0.481 e. The van der Waals surface area contributed by atoms with Gasteiger partial charge in [0.2, 0.25) is 0 Å². The Hall–Kier alpha value is -4.26. The summed E-state index contributed by atoms with van der Waals surface area (Å²) < 4.78 is 6.57. The van der Waals surface area contributed by atoms with Crippen LogP contribution in [0.5, 0.6) is 0 Å². The Morgan fingerprint density at radius 2 is 1.33 bits per heavy atom. The highest BCUT2D eigenvalue weighted by molar-refractivity contribution is 5.87. The largest absolute Gasteiger partial charge is 0.481 e. The first-order valence-corrected chi connectivity index (χ1v) is 14.9. The lowest BCUT2D eigenvalue weighted by Crippen LogP contribution is -2.30. The summed E-state index contributed by atoms with van der Waals surface area (Å²) >= 11 is 0. The van der Waals surface area contributed by atoms with E-state index < -0.39 is 11.9 Å². The maximum atomic E-state index is 11.3. The topological polar surface area (TPSA) is 87.1 Å². The van der Waals surface area contributed by atoms with Crippen molar-refractivity contribution < 1.29 is 24.5 Å². The summed E-state index contributed by atoms with van der Waals surface area (Å²) in [7, 11) is 0. The number of carboxylic acid groups (broad SMARTS) is 2. The highest BCUT2D eigenvalue weighted by atomic mass is 16.5. The molecule has 1 atom stereocenters. The number of unbranched alkanes of at least 4 members (excludes halogenated alkanes) is 1. The van der Waals surface area contributed by atoms with Crippen LogP contribution in [0, 0.1) is 6.92 Å². The van der Waals surface area contributed by atoms with Gasteiger partial charge in [-0.2, -0.15) is 0 Å². The number of carboxylic acids is 2. The number of aryl methyl sites for hydroxylation is 3. The molecule has 4 aromatic carbocycles. The highest BCUT2D eigenvalue weighted by Gasteiger charge is 2.18. The number of aliphatic carboxylic acids is 1. The first-order chi connectivity index (χ1) is 20.9. The predicted molar refractivity (Wildman–Crippen MR) is 169 cm³/mol. The minimum absolute atomic E-state index is 0.139. The van der Waals surface area contributed by atoms with Crippen LogP contribution >= 0.6 is 0 Å². The first kappa shape index (κ1) is 31.7. The third kappa shape index (κ3) is 10.8. The molecule has 0 aliphatic heterocycles. The van der Waals surface area contributed by atoms with Crippen LogP contribution in [0.25, 0.3) is 0 Å². The second-order valence-electron chi connectivity index (χ2n) is 11.1. The summed E-state index contributed by atoms with van der Waals surface area (Å²) in [4.78, 5) is 24.7. The van der Waals surface area contributed by atoms with Crippen LogP contribution in [0.3, 0.4) is 0 Å². The number of benzene rings is 4. The second-order valence-corrected chi connectivity index (χ2v) is 11.1. The van der Waals surface area contributed by atoms with E-state index >= 15 is 0 Å². The summed E-state index contributed by atoms with van der Waals surface area (Å²) in [6.07, 6.45) is 3.27. The minimum atomic E-state index is -0.950.